The van der Waals surface area contributed by atoms with Crippen LogP contribution in [0, 0.1) is 0 Å². The van der Waals surface area contributed by atoms with E-state index < -0.39 is 11.2 Å². The normalized spacial score (nSPS) is 11.8. The summed E-state index contributed by atoms with van der Waals surface area (Å²) in [6, 6.07) is 20.3. The summed E-state index contributed by atoms with van der Waals surface area (Å²) in [6.45, 7) is 2.22. The average molecular weight is 531 g/mol. The van der Waals surface area contributed by atoms with Crippen LogP contribution in [-0.2, 0) is 35.6 Å². The van der Waals surface area contributed by atoms with Gasteiger partial charge < -0.3 is 15.1 Å². The van der Waals surface area contributed by atoms with Gasteiger partial charge in [-0.15, -0.1) is 0 Å². The topological polar surface area (TPSA) is 115 Å². The summed E-state index contributed by atoms with van der Waals surface area (Å²) in [6.07, 6.45) is 4.37. The molecule has 4 rings (SSSR count). The number of hydrogen-bond donors (Lipinski definition) is 2. The third kappa shape index (κ3) is 7.56. The van der Waals surface area contributed by atoms with Gasteiger partial charge in [-0.05, 0) is 62.4 Å². The standard InChI is InChI=1S/C30H34N4O5/c1-22(16-17-23-10-3-2-4-11-23)32-28(36)21-34-26-14-6-5-13-25(26)29(37)33(30(34)38)18-8-7-15-27(35)31-20-24-12-9-19-39-24/h2-6,9-14,19,22H,7-8,15-18,20-21H2,1H3,(H,31,35)(H,32,36)/t22-/m1/s1. The van der Waals surface area contributed by atoms with Crippen LogP contribution in [0.1, 0.15) is 43.9 Å². The third-order valence-corrected chi connectivity index (χ3v) is 6.63. The van der Waals surface area contributed by atoms with Gasteiger partial charge in [0.15, 0.2) is 0 Å². The van der Waals surface area contributed by atoms with E-state index in [2.05, 4.69) is 22.8 Å². The van der Waals surface area contributed by atoms with E-state index in [0.29, 0.717) is 36.0 Å². The summed E-state index contributed by atoms with van der Waals surface area (Å²) in [5.41, 5.74) is 0.690. The van der Waals surface area contributed by atoms with Gasteiger partial charge in [0.2, 0.25) is 11.8 Å². The van der Waals surface area contributed by atoms with Crippen molar-refractivity contribution in [2.45, 2.75) is 64.7 Å². The van der Waals surface area contributed by atoms with Crippen molar-refractivity contribution in [2.24, 2.45) is 0 Å². The number of furan rings is 1. The van der Waals surface area contributed by atoms with E-state index in [1.54, 1.807) is 42.7 Å². The van der Waals surface area contributed by atoms with Crippen LogP contribution >= 0.6 is 0 Å². The van der Waals surface area contributed by atoms with E-state index in [-0.39, 0.29) is 37.4 Å². The molecule has 1 atom stereocenters. The van der Waals surface area contributed by atoms with Crippen LogP contribution in [0.5, 0.6) is 0 Å². The van der Waals surface area contributed by atoms with Gasteiger partial charge in [-0.3, -0.25) is 23.5 Å². The first-order chi connectivity index (χ1) is 18.9. The Labute approximate surface area is 226 Å². The number of carbonyl (C=O) groups excluding carboxylic acids is 2. The SMILES string of the molecule is C[C@H](CCc1ccccc1)NC(=O)Cn1c(=O)n(CCCCC(=O)NCc2ccco2)c(=O)c2ccccc21. The molecule has 0 radical (unpaired) electrons. The average Bonchev–Trinajstić information content (AvgIpc) is 3.47. The summed E-state index contributed by atoms with van der Waals surface area (Å²) in [7, 11) is 0. The Hall–Kier alpha value is -4.40. The zero-order valence-corrected chi connectivity index (χ0v) is 22.1. The smallest absolute Gasteiger partial charge is 0.331 e. The molecule has 4 aromatic rings. The summed E-state index contributed by atoms with van der Waals surface area (Å²) in [4.78, 5) is 51.5. The minimum absolute atomic E-state index is 0.0792. The van der Waals surface area contributed by atoms with E-state index in [9.17, 15) is 19.2 Å². The van der Waals surface area contributed by atoms with Gasteiger partial charge in [-0.1, -0.05) is 42.5 Å². The Balaban J connectivity index is 1.38. The van der Waals surface area contributed by atoms with Crippen molar-refractivity contribution in [1.29, 1.82) is 0 Å². The lowest BCUT2D eigenvalue weighted by Gasteiger charge is -2.17. The molecule has 0 aliphatic rings. The first kappa shape index (κ1) is 27.6. The third-order valence-electron chi connectivity index (χ3n) is 6.63. The molecule has 2 amide bonds. The minimum atomic E-state index is -0.534. The number of amides is 2. The second-order valence-corrected chi connectivity index (χ2v) is 9.65. The summed E-state index contributed by atoms with van der Waals surface area (Å²) in [5, 5.41) is 6.13. The van der Waals surface area contributed by atoms with Crippen LogP contribution in [0.15, 0.2) is 87.0 Å². The van der Waals surface area contributed by atoms with Gasteiger partial charge in [0.1, 0.15) is 12.3 Å². The molecule has 2 aromatic heterocycles. The lowest BCUT2D eigenvalue weighted by molar-refractivity contribution is -0.122. The molecule has 2 N–H and O–H groups in total. The van der Waals surface area contributed by atoms with E-state index in [0.717, 1.165) is 17.4 Å². The predicted molar refractivity (Wildman–Crippen MR) is 149 cm³/mol. The van der Waals surface area contributed by atoms with Crippen LogP contribution in [0.25, 0.3) is 10.9 Å². The molecule has 2 heterocycles. The molecule has 0 aliphatic heterocycles. The molecule has 9 nitrogen and oxygen atoms in total. The molecule has 0 bridgehead atoms. The number of benzene rings is 2. The molecule has 9 heteroatoms. The van der Waals surface area contributed by atoms with E-state index >= 15 is 0 Å². The molecular weight excluding hydrogens is 496 g/mol. The number of para-hydroxylation sites is 1. The molecule has 0 spiro atoms. The van der Waals surface area contributed by atoms with Gasteiger partial charge in [0.25, 0.3) is 5.56 Å². The summed E-state index contributed by atoms with van der Waals surface area (Å²) >= 11 is 0. The van der Waals surface area contributed by atoms with Crippen LogP contribution in [0.4, 0.5) is 0 Å². The fourth-order valence-electron chi connectivity index (χ4n) is 4.53. The minimum Gasteiger partial charge on any atom is -0.467 e. The number of unbranched alkanes of at least 4 members (excludes halogenated alkanes) is 1. The maximum atomic E-state index is 13.4. The predicted octanol–water partition coefficient (Wildman–Crippen LogP) is 3.38. The number of nitrogens with zero attached hydrogens (tertiary/aromatic N) is 2. The zero-order chi connectivity index (χ0) is 27.6. The number of aryl methyl sites for hydroxylation is 1. The van der Waals surface area contributed by atoms with Crippen molar-refractivity contribution in [3.63, 3.8) is 0 Å². The summed E-state index contributed by atoms with van der Waals surface area (Å²) < 4.78 is 7.72. The molecule has 0 saturated heterocycles. The Bertz CT molecular complexity index is 1510. The van der Waals surface area contributed by atoms with Gasteiger partial charge in [-0.25, -0.2) is 4.79 Å². The highest BCUT2D eigenvalue weighted by molar-refractivity contribution is 5.81. The number of hydrogen-bond acceptors (Lipinski definition) is 5. The molecule has 0 saturated carbocycles. The largest absolute Gasteiger partial charge is 0.467 e. The van der Waals surface area contributed by atoms with Gasteiger partial charge in [-0.2, -0.15) is 0 Å². The molecule has 204 valence electrons. The lowest BCUT2D eigenvalue weighted by atomic mass is 10.1. The van der Waals surface area contributed by atoms with E-state index in [4.69, 9.17) is 4.42 Å². The first-order valence-electron chi connectivity index (χ1n) is 13.3. The Morgan fingerprint density at radius 3 is 2.44 bits per heavy atom. The lowest BCUT2D eigenvalue weighted by Crippen LogP contribution is -2.44. The molecule has 0 fully saturated rings. The van der Waals surface area contributed by atoms with Crippen molar-refractivity contribution < 1.29 is 14.0 Å². The van der Waals surface area contributed by atoms with Crippen molar-refractivity contribution in [1.82, 2.24) is 19.8 Å². The molecule has 0 aliphatic carbocycles. The molecular formula is C30H34N4O5. The van der Waals surface area contributed by atoms with Gasteiger partial charge in [0.05, 0.1) is 23.7 Å². The molecule has 39 heavy (non-hydrogen) atoms. The van der Waals surface area contributed by atoms with Gasteiger partial charge in [0, 0.05) is 19.0 Å². The quantitative estimate of drug-likeness (QED) is 0.257. The van der Waals surface area contributed by atoms with Crippen LogP contribution in [0.2, 0.25) is 0 Å². The van der Waals surface area contributed by atoms with Crippen molar-refractivity contribution in [3.8, 4) is 0 Å². The van der Waals surface area contributed by atoms with E-state index in [1.165, 1.54) is 10.1 Å². The highest BCUT2D eigenvalue weighted by Crippen LogP contribution is 2.09. The Morgan fingerprint density at radius 1 is 0.897 bits per heavy atom. The number of carbonyl (C=O) groups is 2. The maximum absolute atomic E-state index is 13.4. The second kappa shape index (κ2) is 13.4. The fourth-order valence-corrected chi connectivity index (χ4v) is 4.53. The van der Waals surface area contributed by atoms with Gasteiger partial charge >= 0.3 is 5.69 Å². The van der Waals surface area contributed by atoms with Crippen molar-refractivity contribution >= 4 is 22.7 Å². The zero-order valence-electron chi connectivity index (χ0n) is 22.1. The van der Waals surface area contributed by atoms with Crippen LogP contribution in [0.3, 0.4) is 0 Å². The number of nitrogens with one attached hydrogen (secondary N) is 2. The maximum Gasteiger partial charge on any atom is 0.331 e. The number of rotatable bonds is 13. The monoisotopic (exact) mass is 530 g/mol. The highest BCUT2D eigenvalue weighted by Gasteiger charge is 2.16. The Kier molecular flexibility index (Phi) is 9.50. The number of aromatic nitrogens is 2. The highest BCUT2D eigenvalue weighted by atomic mass is 16.3. The second-order valence-electron chi connectivity index (χ2n) is 9.65. The molecule has 2 aromatic carbocycles. The molecule has 0 unspecified atom stereocenters. The first-order valence-corrected chi connectivity index (χ1v) is 13.3. The van der Waals surface area contributed by atoms with Crippen molar-refractivity contribution in [2.75, 3.05) is 0 Å². The number of fused-ring (bicyclic) bond motifs is 1. The fraction of sp³-hybridized carbons (Fsp3) is 0.333. The van der Waals surface area contributed by atoms with Crippen LogP contribution < -0.4 is 21.9 Å². The Morgan fingerprint density at radius 2 is 1.67 bits per heavy atom. The van der Waals surface area contributed by atoms with Crippen LogP contribution in [-0.4, -0.2) is 27.0 Å². The van der Waals surface area contributed by atoms with E-state index in [1.807, 2.05) is 25.1 Å². The van der Waals surface area contributed by atoms with Crippen molar-refractivity contribution in [3.05, 3.63) is 105 Å². The summed E-state index contributed by atoms with van der Waals surface area (Å²) in [5.74, 6) is 0.246.